The van der Waals surface area contributed by atoms with E-state index in [1.165, 1.54) is 11.8 Å². The number of nitrogen functional groups attached to an aromatic ring is 1. The molecule has 0 aromatic carbocycles. The predicted octanol–water partition coefficient (Wildman–Crippen LogP) is -1.75. The van der Waals surface area contributed by atoms with E-state index in [-0.39, 0.29) is 29.0 Å². The van der Waals surface area contributed by atoms with E-state index in [0.29, 0.717) is 17.9 Å². The summed E-state index contributed by atoms with van der Waals surface area (Å²) in [6.07, 6.45) is 3.60. The number of oxime groups is 1. The van der Waals surface area contributed by atoms with E-state index in [1.807, 2.05) is 22.8 Å². The number of thioether (sulfide) groups is 1. The largest absolute Gasteiger partial charge is 0.543 e. The van der Waals surface area contributed by atoms with Crippen LogP contribution in [0.1, 0.15) is 12.7 Å². The average molecular weight is 490 g/mol. The number of rotatable bonds is 8. The quantitative estimate of drug-likeness (QED) is 0.189. The fraction of sp³-hybridized carbons (Fsp3) is 0.316. The number of carbonyl (C=O) groups excluding carboxylic acids is 3. The number of fused-ring (bicyclic) bond motifs is 1. The van der Waals surface area contributed by atoms with E-state index in [9.17, 15) is 19.5 Å². The number of aromatic nitrogens is 3. The molecule has 12 nitrogen and oxygen atoms in total. The summed E-state index contributed by atoms with van der Waals surface area (Å²) in [6.45, 7) is 2.19. The molecular formula is C19H19N7O5S2. The van der Waals surface area contributed by atoms with Crippen molar-refractivity contribution >= 4 is 51.9 Å². The lowest BCUT2D eigenvalue weighted by molar-refractivity contribution is -0.689. The van der Waals surface area contributed by atoms with Gasteiger partial charge in [-0.25, -0.2) is 4.57 Å². The molecule has 14 heteroatoms. The third-order valence-corrected chi connectivity index (χ3v) is 6.71. The Morgan fingerprint density at radius 2 is 2.15 bits per heavy atom. The molecule has 2 aromatic heterocycles. The van der Waals surface area contributed by atoms with Crippen LogP contribution in [0.4, 0.5) is 5.13 Å². The van der Waals surface area contributed by atoms with E-state index in [0.717, 1.165) is 16.4 Å². The number of nitrogens with zero attached hydrogens (tertiary/aromatic N) is 5. The molecule has 1 fully saturated rings. The zero-order valence-corrected chi connectivity index (χ0v) is 19.0. The van der Waals surface area contributed by atoms with Crippen molar-refractivity contribution in [1.82, 2.24) is 19.6 Å². The molecule has 0 radical (unpaired) electrons. The summed E-state index contributed by atoms with van der Waals surface area (Å²) in [5, 5.41) is 17.8. The van der Waals surface area contributed by atoms with Crippen LogP contribution in [0.3, 0.4) is 0 Å². The first kappa shape index (κ1) is 22.7. The van der Waals surface area contributed by atoms with Gasteiger partial charge in [0.1, 0.15) is 18.0 Å². The van der Waals surface area contributed by atoms with Crippen LogP contribution in [0, 0.1) is 0 Å². The number of anilines is 1. The molecule has 2 amide bonds. The first-order chi connectivity index (χ1) is 15.9. The highest BCUT2D eigenvalue weighted by Gasteiger charge is 2.53. The Labute approximate surface area is 196 Å². The van der Waals surface area contributed by atoms with Crippen molar-refractivity contribution in [2.45, 2.75) is 24.9 Å². The number of carbonyl (C=O) groups is 3. The Kier molecular flexibility index (Phi) is 6.55. The summed E-state index contributed by atoms with van der Waals surface area (Å²) in [4.78, 5) is 47.7. The van der Waals surface area contributed by atoms with Crippen LogP contribution in [0.2, 0.25) is 0 Å². The third kappa shape index (κ3) is 4.52. The summed E-state index contributed by atoms with van der Waals surface area (Å²) in [5.41, 5.74) is 5.75. The first-order valence-electron chi connectivity index (χ1n) is 9.83. The van der Waals surface area contributed by atoms with Crippen molar-refractivity contribution in [3.63, 3.8) is 0 Å². The van der Waals surface area contributed by atoms with Crippen molar-refractivity contribution in [1.29, 1.82) is 0 Å². The summed E-state index contributed by atoms with van der Waals surface area (Å²) in [7, 11) is 0. The van der Waals surface area contributed by atoms with Crippen molar-refractivity contribution in [2.24, 2.45) is 5.16 Å². The fourth-order valence-electron chi connectivity index (χ4n) is 3.41. The molecule has 4 heterocycles. The van der Waals surface area contributed by atoms with Crippen LogP contribution in [0.15, 0.2) is 47.0 Å². The van der Waals surface area contributed by atoms with Gasteiger partial charge in [0.15, 0.2) is 24.1 Å². The van der Waals surface area contributed by atoms with Crippen molar-refractivity contribution in [3.05, 3.63) is 47.7 Å². The van der Waals surface area contributed by atoms with E-state index in [2.05, 4.69) is 19.8 Å². The zero-order valence-electron chi connectivity index (χ0n) is 17.3. The lowest BCUT2D eigenvalue weighted by Crippen LogP contribution is -2.71. The lowest BCUT2D eigenvalue weighted by Gasteiger charge is -2.50. The molecule has 3 N–H and O–H groups in total. The first-order valence-corrected chi connectivity index (χ1v) is 11.7. The van der Waals surface area contributed by atoms with E-state index in [4.69, 9.17) is 10.6 Å². The predicted molar refractivity (Wildman–Crippen MR) is 116 cm³/mol. The number of carboxylic acid groups (broad SMARTS) is 1. The van der Waals surface area contributed by atoms with Crippen LogP contribution < -0.4 is 20.7 Å². The molecule has 1 unspecified atom stereocenters. The molecule has 2 atom stereocenters. The average Bonchev–Trinajstić information content (AvgIpc) is 3.23. The van der Waals surface area contributed by atoms with Gasteiger partial charge in [0.25, 0.3) is 11.8 Å². The second kappa shape index (κ2) is 9.54. The standard InChI is InChI=1S/C19H19N7O5S2/c1-2-31-23-11(14-22-19(20)33-24-14)15(27)21-12-16(28)26-13(18(29)30)10(9-32-17(12)26)8-25-6-4-3-5-7-25/h3-7,12,17H,2,8-9H2,1H3,(H3-,20,21,22,24,27,29,30)/t12?,17-/m0/s1. The number of carboxylic acids is 1. The molecule has 0 bridgehead atoms. The van der Waals surface area contributed by atoms with E-state index in [1.54, 1.807) is 19.3 Å². The molecule has 0 spiro atoms. The Bertz CT molecular complexity index is 1150. The number of β-lactam (4-membered cyclic amide) rings is 1. The highest BCUT2D eigenvalue weighted by molar-refractivity contribution is 8.00. The molecule has 2 aliphatic rings. The van der Waals surface area contributed by atoms with Crippen LogP contribution in [0.25, 0.3) is 0 Å². The second-order valence-electron chi connectivity index (χ2n) is 6.96. The number of aliphatic carboxylic acids is 1. The Balaban J connectivity index is 1.53. The molecule has 2 aromatic rings. The smallest absolute Gasteiger partial charge is 0.278 e. The highest BCUT2D eigenvalue weighted by Crippen LogP contribution is 2.40. The van der Waals surface area contributed by atoms with Crippen LogP contribution in [-0.4, -0.2) is 61.5 Å². The Morgan fingerprint density at radius 3 is 2.79 bits per heavy atom. The number of hydrogen-bond acceptors (Lipinski definition) is 11. The molecule has 0 aliphatic carbocycles. The fourth-order valence-corrected chi connectivity index (χ4v) is 5.18. The third-order valence-electron chi connectivity index (χ3n) is 4.83. The molecule has 33 heavy (non-hydrogen) atoms. The van der Waals surface area contributed by atoms with Crippen LogP contribution in [-0.2, 0) is 25.8 Å². The normalized spacial score (nSPS) is 20.2. The van der Waals surface area contributed by atoms with Gasteiger partial charge in [-0.2, -0.15) is 9.36 Å². The summed E-state index contributed by atoms with van der Waals surface area (Å²) in [5.74, 6) is -2.40. The minimum atomic E-state index is -1.44. The molecule has 172 valence electrons. The number of hydrogen-bond donors (Lipinski definition) is 2. The zero-order chi connectivity index (χ0) is 23.5. The van der Waals surface area contributed by atoms with Crippen molar-refractivity contribution < 1.29 is 28.9 Å². The molecule has 1 saturated heterocycles. The Hall–Kier alpha value is -3.52. The van der Waals surface area contributed by atoms with Gasteiger partial charge in [0.05, 0.1) is 11.7 Å². The number of nitrogens with two attached hydrogens (primary N) is 1. The van der Waals surface area contributed by atoms with Gasteiger partial charge in [-0.3, -0.25) is 14.5 Å². The summed E-state index contributed by atoms with van der Waals surface area (Å²) in [6, 6.07) is 4.54. The van der Waals surface area contributed by atoms with Crippen molar-refractivity contribution in [3.8, 4) is 0 Å². The van der Waals surface area contributed by atoms with Gasteiger partial charge in [-0.15, -0.1) is 11.8 Å². The minimum Gasteiger partial charge on any atom is -0.543 e. The van der Waals surface area contributed by atoms with E-state index < -0.39 is 29.2 Å². The number of amides is 2. The van der Waals surface area contributed by atoms with Gasteiger partial charge in [-0.1, -0.05) is 11.2 Å². The van der Waals surface area contributed by atoms with E-state index >= 15 is 0 Å². The number of pyridine rings is 1. The van der Waals surface area contributed by atoms with Crippen molar-refractivity contribution in [2.75, 3.05) is 18.1 Å². The lowest BCUT2D eigenvalue weighted by atomic mass is 10.0. The Morgan fingerprint density at radius 1 is 1.39 bits per heavy atom. The SMILES string of the molecule is CCON=C(C(=O)NC1C(=O)N2C(C(=O)[O-])=C(C[n+]3ccccc3)CS[C@@H]12)c1nsc(N)n1. The summed E-state index contributed by atoms with van der Waals surface area (Å²) >= 11 is 2.24. The van der Waals surface area contributed by atoms with Gasteiger partial charge in [0, 0.05) is 35.0 Å². The number of nitrogens with one attached hydrogen (secondary N) is 1. The van der Waals surface area contributed by atoms with Crippen LogP contribution in [0.5, 0.6) is 0 Å². The molecular weight excluding hydrogens is 470 g/mol. The maximum Gasteiger partial charge on any atom is 0.278 e. The second-order valence-corrected chi connectivity index (χ2v) is 8.85. The summed E-state index contributed by atoms with van der Waals surface area (Å²) < 4.78 is 5.78. The maximum absolute atomic E-state index is 12.9. The molecule has 2 aliphatic heterocycles. The van der Waals surface area contributed by atoms with Gasteiger partial charge >= 0.3 is 0 Å². The highest BCUT2D eigenvalue weighted by atomic mass is 32.2. The minimum absolute atomic E-state index is 0.0270. The van der Waals surface area contributed by atoms with Gasteiger partial charge in [-0.05, 0) is 6.92 Å². The topological polar surface area (TPSA) is 167 Å². The molecule has 0 saturated carbocycles. The molecule has 4 rings (SSSR count). The maximum atomic E-state index is 12.9. The van der Waals surface area contributed by atoms with Gasteiger partial charge in [0.2, 0.25) is 11.5 Å². The monoisotopic (exact) mass is 489 g/mol. The van der Waals surface area contributed by atoms with Gasteiger partial charge < -0.3 is 25.8 Å². The van der Waals surface area contributed by atoms with Crippen LogP contribution >= 0.6 is 23.3 Å².